The van der Waals surface area contributed by atoms with Crippen LogP contribution in [0, 0.1) is 0 Å². The molecule has 5 N–H and O–H groups in total. The Bertz CT molecular complexity index is 1750. The molecule has 5 rings (SSSR count). The van der Waals surface area contributed by atoms with Crippen molar-refractivity contribution in [3.05, 3.63) is 107 Å². The van der Waals surface area contributed by atoms with Crippen molar-refractivity contribution in [3.8, 4) is 11.4 Å². The fourth-order valence-corrected chi connectivity index (χ4v) is 5.41. The first-order valence-electron chi connectivity index (χ1n) is 10.9. The van der Waals surface area contributed by atoms with Crippen LogP contribution in [0.25, 0.3) is 17.0 Å². The van der Waals surface area contributed by atoms with E-state index in [1.165, 1.54) is 28.3 Å². The van der Waals surface area contributed by atoms with E-state index >= 15 is 0 Å². The number of nitrogens with one attached hydrogen (secondary N) is 3. The van der Waals surface area contributed by atoms with Crippen molar-refractivity contribution in [1.29, 1.82) is 0 Å². The molecule has 5 aromatic rings. The molecule has 2 aromatic heterocycles. The lowest BCUT2D eigenvalue weighted by Gasteiger charge is -2.12. The summed E-state index contributed by atoms with van der Waals surface area (Å²) in [5.74, 6) is -1.06. The number of para-hydroxylation sites is 1. The number of hydrogen-bond donors (Lipinski definition) is 4. The Hall–Kier alpha value is -4.55. The molecule has 0 radical (unpaired) electrons. The average molecular weight is 533 g/mol. The largest absolute Gasteiger partial charge is 0.384 e. The minimum Gasteiger partial charge on any atom is -0.384 e. The Labute approximate surface area is 215 Å². The highest BCUT2D eigenvalue weighted by Gasteiger charge is 2.26. The monoisotopic (exact) mass is 532 g/mol. The second kappa shape index (κ2) is 9.84. The molecule has 0 atom stereocenters. The van der Waals surface area contributed by atoms with E-state index in [2.05, 4.69) is 9.71 Å². The maximum atomic E-state index is 13.0. The Morgan fingerprint density at radius 1 is 0.919 bits per heavy atom. The molecule has 1 amide bonds. The first kappa shape index (κ1) is 24.2. The van der Waals surface area contributed by atoms with E-state index in [0.29, 0.717) is 16.4 Å². The zero-order valence-electron chi connectivity index (χ0n) is 19.1. The van der Waals surface area contributed by atoms with Crippen LogP contribution >= 0.6 is 11.8 Å². The van der Waals surface area contributed by atoms with E-state index < -0.39 is 27.2 Å². The SMILES string of the molecule is Nc1c(C(=O)NS(=O)(=O)Nc2ccccc2)c(=O)[nH]c2c(Sc3ccccc3)nc(-c3ccccc3)n12. The number of carbonyl (C=O) groups is 1. The third-order valence-electron chi connectivity index (χ3n) is 5.27. The van der Waals surface area contributed by atoms with Crippen LogP contribution in [-0.4, -0.2) is 28.7 Å². The first-order chi connectivity index (χ1) is 17.8. The van der Waals surface area contributed by atoms with Crippen LogP contribution in [0.1, 0.15) is 10.4 Å². The molecular formula is C25H20N6O4S2. The standard InChI is InChI=1S/C25H20N6O4S2/c26-20-19(24(33)30-37(34,35)29-17-12-6-2-7-13-17)23(32)27-22-25(36-18-14-8-3-9-15-18)28-21(31(20)22)16-10-4-1-5-11-16/h1-15,29H,26H2,(H,27,32)(H,30,33). The molecule has 0 aliphatic heterocycles. The summed E-state index contributed by atoms with van der Waals surface area (Å²) in [7, 11) is -4.35. The number of fused-ring (bicyclic) bond motifs is 1. The molecule has 37 heavy (non-hydrogen) atoms. The molecule has 0 saturated carbocycles. The van der Waals surface area contributed by atoms with Crippen molar-refractivity contribution in [1.82, 2.24) is 19.1 Å². The van der Waals surface area contributed by atoms with Gasteiger partial charge in [0.15, 0.2) is 5.65 Å². The van der Waals surface area contributed by atoms with Crippen LogP contribution in [0.5, 0.6) is 0 Å². The van der Waals surface area contributed by atoms with Gasteiger partial charge in [0.1, 0.15) is 22.2 Å². The highest BCUT2D eigenvalue weighted by molar-refractivity contribution is 7.99. The third-order valence-corrected chi connectivity index (χ3v) is 7.22. The number of hydrogen-bond acceptors (Lipinski definition) is 7. The number of H-pyrrole nitrogens is 1. The van der Waals surface area contributed by atoms with Crippen molar-refractivity contribution >= 4 is 45.0 Å². The maximum absolute atomic E-state index is 13.0. The molecule has 0 saturated heterocycles. The minimum absolute atomic E-state index is 0.240. The van der Waals surface area contributed by atoms with Crippen LogP contribution in [0.4, 0.5) is 11.5 Å². The van der Waals surface area contributed by atoms with Crippen LogP contribution in [-0.2, 0) is 10.2 Å². The predicted octanol–water partition coefficient (Wildman–Crippen LogP) is 3.51. The Kier molecular flexibility index (Phi) is 6.42. The van der Waals surface area contributed by atoms with Crippen molar-refractivity contribution in [2.45, 2.75) is 9.92 Å². The number of nitrogen functional groups attached to an aromatic ring is 1. The molecule has 10 nitrogen and oxygen atoms in total. The van der Waals surface area contributed by atoms with E-state index in [-0.39, 0.29) is 17.2 Å². The number of anilines is 2. The Morgan fingerprint density at radius 3 is 2.16 bits per heavy atom. The van der Waals surface area contributed by atoms with Gasteiger partial charge in [0, 0.05) is 10.5 Å². The molecule has 0 unspecified atom stereocenters. The summed E-state index contributed by atoms with van der Waals surface area (Å²) in [5, 5.41) is 0.458. The molecule has 0 spiro atoms. The first-order valence-corrected chi connectivity index (χ1v) is 13.2. The second-order valence-corrected chi connectivity index (χ2v) is 10.3. The number of imidazole rings is 1. The average Bonchev–Trinajstić information content (AvgIpc) is 3.23. The van der Waals surface area contributed by atoms with E-state index in [1.54, 1.807) is 18.2 Å². The van der Waals surface area contributed by atoms with Crippen LogP contribution < -0.4 is 20.7 Å². The second-order valence-electron chi connectivity index (χ2n) is 7.82. The van der Waals surface area contributed by atoms with Gasteiger partial charge in [-0.05, 0) is 24.3 Å². The van der Waals surface area contributed by atoms with Gasteiger partial charge in [-0.1, -0.05) is 78.5 Å². The molecule has 186 valence electrons. The number of nitrogens with two attached hydrogens (primary N) is 1. The summed E-state index contributed by atoms with van der Waals surface area (Å²) < 4.78 is 30.6. The molecular weight excluding hydrogens is 512 g/mol. The maximum Gasteiger partial charge on any atom is 0.323 e. The normalized spacial score (nSPS) is 11.4. The number of nitrogens with zero attached hydrogens (tertiary/aromatic N) is 2. The molecule has 0 bridgehead atoms. The number of carbonyl (C=O) groups excluding carboxylic acids is 1. The summed E-state index contributed by atoms with van der Waals surface area (Å²) in [6, 6.07) is 26.5. The highest BCUT2D eigenvalue weighted by atomic mass is 32.2. The molecule has 0 fully saturated rings. The zero-order valence-corrected chi connectivity index (χ0v) is 20.7. The summed E-state index contributed by atoms with van der Waals surface area (Å²) in [6.45, 7) is 0. The quantitative estimate of drug-likeness (QED) is 0.250. The van der Waals surface area contributed by atoms with Gasteiger partial charge in [0.25, 0.3) is 11.5 Å². The lowest BCUT2D eigenvalue weighted by molar-refractivity contribution is 0.0980. The number of aromatic nitrogens is 3. The van der Waals surface area contributed by atoms with Crippen molar-refractivity contribution in [3.63, 3.8) is 0 Å². The number of rotatable bonds is 7. The van der Waals surface area contributed by atoms with Crippen LogP contribution in [0.3, 0.4) is 0 Å². The lowest BCUT2D eigenvalue weighted by Crippen LogP contribution is -2.39. The van der Waals surface area contributed by atoms with Gasteiger partial charge in [0.2, 0.25) is 0 Å². The van der Waals surface area contributed by atoms with Crippen molar-refractivity contribution < 1.29 is 13.2 Å². The number of amides is 1. The van der Waals surface area contributed by atoms with Crippen LogP contribution in [0.15, 0.2) is 106 Å². The summed E-state index contributed by atoms with van der Waals surface area (Å²) >= 11 is 1.31. The lowest BCUT2D eigenvalue weighted by atomic mass is 10.2. The minimum atomic E-state index is -4.35. The van der Waals surface area contributed by atoms with E-state index in [9.17, 15) is 18.0 Å². The molecule has 2 heterocycles. The van der Waals surface area contributed by atoms with Gasteiger partial charge in [-0.3, -0.25) is 18.7 Å². The van der Waals surface area contributed by atoms with Crippen molar-refractivity contribution in [2.75, 3.05) is 10.5 Å². The molecule has 3 aromatic carbocycles. The number of aromatic amines is 1. The van der Waals surface area contributed by atoms with Gasteiger partial charge in [-0.2, -0.15) is 8.42 Å². The summed E-state index contributed by atoms with van der Waals surface area (Å²) in [4.78, 5) is 34.3. The summed E-state index contributed by atoms with van der Waals surface area (Å²) in [6.07, 6.45) is 0. The molecule has 0 aliphatic rings. The highest BCUT2D eigenvalue weighted by Crippen LogP contribution is 2.34. The molecule has 0 aliphatic carbocycles. The number of benzene rings is 3. The predicted molar refractivity (Wildman–Crippen MR) is 143 cm³/mol. The third kappa shape index (κ3) is 5.06. The van der Waals surface area contributed by atoms with Gasteiger partial charge in [-0.15, -0.1) is 0 Å². The smallest absolute Gasteiger partial charge is 0.323 e. The Morgan fingerprint density at radius 2 is 1.51 bits per heavy atom. The van der Waals surface area contributed by atoms with Crippen molar-refractivity contribution in [2.24, 2.45) is 0 Å². The van der Waals surface area contributed by atoms with Gasteiger partial charge >= 0.3 is 10.2 Å². The fourth-order valence-electron chi connectivity index (χ4n) is 3.67. The zero-order chi connectivity index (χ0) is 26.0. The fraction of sp³-hybridized carbons (Fsp3) is 0. The topological polar surface area (TPSA) is 151 Å². The molecule has 12 heteroatoms. The van der Waals surface area contributed by atoms with Gasteiger partial charge < -0.3 is 10.7 Å². The van der Waals surface area contributed by atoms with E-state index in [1.807, 2.05) is 65.4 Å². The van der Waals surface area contributed by atoms with Gasteiger partial charge in [0.05, 0.1) is 5.69 Å². The van der Waals surface area contributed by atoms with E-state index in [0.717, 1.165) is 4.90 Å². The van der Waals surface area contributed by atoms with E-state index in [4.69, 9.17) is 10.7 Å². The van der Waals surface area contributed by atoms with Crippen LogP contribution in [0.2, 0.25) is 0 Å². The Balaban J connectivity index is 1.60. The van der Waals surface area contributed by atoms with Gasteiger partial charge in [-0.25, -0.2) is 9.71 Å². The summed E-state index contributed by atoms with van der Waals surface area (Å²) in [5.41, 5.74) is 6.14.